The average molecular weight is 370 g/mol. The smallest absolute Gasteiger partial charge is 0.265 e. The third-order valence-corrected chi connectivity index (χ3v) is 4.75. The predicted molar refractivity (Wildman–Crippen MR) is 97.5 cm³/mol. The lowest BCUT2D eigenvalue weighted by Crippen LogP contribution is -2.48. The normalized spacial score (nSPS) is 20.0. The van der Waals surface area contributed by atoms with E-state index in [1.807, 2.05) is 24.4 Å². The lowest BCUT2D eigenvalue weighted by atomic mass is 10.2. The highest BCUT2D eigenvalue weighted by molar-refractivity contribution is 6.02. The lowest BCUT2D eigenvalue weighted by Gasteiger charge is -2.31. The van der Waals surface area contributed by atoms with Gasteiger partial charge in [-0.05, 0) is 24.6 Å². The minimum Gasteiger partial charge on any atom is -0.482 e. The van der Waals surface area contributed by atoms with E-state index in [4.69, 9.17) is 9.47 Å². The molecule has 0 saturated carbocycles. The Morgan fingerprint density at radius 3 is 3.00 bits per heavy atom. The number of ether oxygens (including phenoxy) is 2. The van der Waals surface area contributed by atoms with Crippen molar-refractivity contribution in [2.45, 2.75) is 19.1 Å². The summed E-state index contributed by atoms with van der Waals surface area (Å²) in [7, 11) is 0. The van der Waals surface area contributed by atoms with E-state index >= 15 is 0 Å². The van der Waals surface area contributed by atoms with E-state index in [2.05, 4.69) is 5.10 Å². The Labute approximate surface area is 157 Å². The molecule has 4 rings (SSSR count). The van der Waals surface area contributed by atoms with Crippen molar-refractivity contribution in [3.63, 3.8) is 0 Å². The zero-order valence-corrected chi connectivity index (χ0v) is 15.0. The van der Waals surface area contributed by atoms with Crippen molar-refractivity contribution in [2.75, 3.05) is 37.7 Å². The maximum atomic E-state index is 12.9. The van der Waals surface area contributed by atoms with Gasteiger partial charge in [-0.15, -0.1) is 0 Å². The number of hydrogen-bond donors (Lipinski definition) is 0. The summed E-state index contributed by atoms with van der Waals surface area (Å²) in [4.78, 5) is 28.5. The zero-order valence-electron chi connectivity index (χ0n) is 15.0. The van der Waals surface area contributed by atoms with Crippen LogP contribution in [0.25, 0.3) is 0 Å². The van der Waals surface area contributed by atoms with E-state index in [9.17, 15) is 9.59 Å². The molecule has 0 aliphatic carbocycles. The number of rotatable bonds is 4. The van der Waals surface area contributed by atoms with Gasteiger partial charge in [-0.25, -0.2) is 0 Å². The highest BCUT2D eigenvalue weighted by Gasteiger charge is 2.30. The van der Waals surface area contributed by atoms with Crippen LogP contribution in [0.3, 0.4) is 0 Å². The van der Waals surface area contributed by atoms with Crippen molar-refractivity contribution >= 4 is 17.5 Å². The van der Waals surface area contributed by atoms with Crippen LogP contribution in [0, 0.1) is 0 Å². The molecule has 1 saturated heterocycles. The second kappa shape index (κ2) is 7.79. The van der Waals surface area contributed by atoms with Crippen LogP contribution in [-0.4, -0.2) is 65.4 Å². The van der Waals surface area contributed by atoms with Crippen LogP contribution in [0.5, 0.6) is 5.75 Å². The van der Waals surface area contributed by atoms with Gasteiger partial charge in [0.05, 0.1) is 18.3 Å². The molecule has 142 valence electrons. The third-order valence-electron chi connectivity index (χ3n) is 4.75. The van der Waals surface area contributed by atoms with Crippen molar-refractivity contribution in [1.82, 2.24) is 14.7 Å². The maximum absolute atomic E-state index is 12.9. The first-order valence-electron chi connectivity index (χ1n) is 9.10. The molecule has 2 aliphatic rings. The third kappa shape index (κ3) is 3.95. The van der Waals surface area contributed by atoms with E-state index in [0.29, 0.717) is 37.7 Å². The number of amides is 2. The average Bonchev–Trinajstić information content (AvgIpc) is 3.07. The number of fused-ring (bicyclic) bond motifs is 1. The molecule has 3 heterocycles. The molecule has 1 aromatic carbocycles. The molecule has 2 amide bonds. The molecule has 0 N–H and O–H groups in total. The summed E-state index contributed by atoms with van der Waals surface area (Å²) >= 11 is 0. The monoisotopic (exact) mass is 370 g/mol. The Bertz CT molecular complexity index is 808. The van der Waals surface area contributed by atoms with E-state index in [0.717, 1.165) is 6.42 Å². The minimum atomic E-state index is -0.207. The molecule has 1 aromatic heterocycles. The van der Waals surface area contributed by atoms with Gasteiger partial charge < -0.3 is 14.4 Å². The number of anilines is 1. The largest absolute Gasteiger partial charge is 0.482 e. The van der Waals surface area contributed by atoms with Crippen LogP contribution in [0.15, 0.2) is 42.7 Å². The molecule has 0 spiro atoms. The fraction of sp³-hybridized carbons (Fsp3) is 0.421. The van der Waals surface area contributed by atoms with Gasteiger partial charge in [0.25, 0.3) is 5.91 Å². The molecule has 1 fully saturated rings. The topological polar surface area (TPSA) is 76.9 Å². The molecular weight excluding hydrogens is 348 g/mol. The number of nitrogens with zero attached hydrogens (tertiary/aromatic N) is 4. The predicted octanol–water partition coefficient (Wildman–Crippen LogP) is 0.926. The highest BCUT2D eigenvalue weighted by Crippen LogP contribution is 2.31. The summed E-state index contributed by atoms with van der Waals surface area (Å²) in [6.45, 7) is 2.27. The van der Waals surface area contributed by atoms with Gasteiger partial charge in [-0.3, -0.25) is 19.2 Å². The van der Waals surface area contributed by atoms with E-state index < -0.39 is 0 Å². The summed E-state index contributed by atoms with van der Waals surface area (Å²) < 4.78 is 13.1. The van der Waals surface area contributed by atoms with Gasteiger partial charge in [-0.2, -0.15) is 5.10 Å². The molecule has 27 heavy (non-hydrogen) atoms. The summed E-state index contributed by atoms with van der Waals surface area (Å²) in [5.74, 6) is 0.331. The van der Waals surface area contributed by atoms with Gasteiger partial charge >= 0.3 is 0 Å². The molecule has 0 radical (unpaired) electrons. The molecule has 1 atom stereocenters. The van der Waals surface area contributed by atoms with Crippen LogP contribution in [0.1, 0.15) is 6.42 Å². The van der Waals surface area contributed by atoms with Crippen LogP contribution < -0.4 is 9.64 Å². The Morgan fingerprint density at radius 2 is 2.15 bits per heavy atom. The second-order valence-corrected chi connectivity index (χ2v) is 6.65. The summed E-state index contributed by atoms with van der Waals surface area (Å²) in [5.41, 5.74) is 0.640. The summed E-state index contributed by atoms with van der Waals surface area (Å²) in [6.07, 6.45) is 4.25. The minimum absolute atomic E-state index is 0.00764. The maximum Gasteiger partial charge on any atom is 0.265 e. The fourth-order valence-corrected chi connectivity index (χ4v) is 3.41. The molecular formula is C19H22N4O4. The first-order valence-corrected chi connectivity index (χ1v) is 9.10. The van der Waals surface area contributed by atoms with Gasteiger partial charge in [-0.1, -0.05) is 12.1 Å². The number of para-hydroxylation sites is 2. The Morgan fingerprint density at radius 1 is 1.26 bits per heavy atom. The quantitative estimate of drug-likeness (QED) is 0.800. The lowest BCUT2D eigenvalue weighted by molar-refractivity contribution is -0.132. The number of benzene rings is 1. The number of carbonyl (C=O) groups excluding carboxylic acids is 2. The zero-order chi connectivity index (χ0) is 18.6. The van der Waals surface area contributed by atoms with Crippen LogP contribution >= 0.6 is 0 Å². The second-order valence-electron chi connectivity index (χ2n) is 6.65. The first-order chi connectivity index (χ1) is 13.2. The van der Waals surface area contributed by atoms with E-state index in [1.165, 1.54) is 4.90 Å². The first kappa shape index (κ1) is 17.5. The molecule has 8 heteroatoms. The summed E-state index contributed by atoms with van der Waals surface area (Å²) in [5, 5.41) is 4.21. The molecule has 2 aromatic rings. The van der Waals surface area contributed by atoms with Crippen molar-refractivity contribution in [1.29, 1.82) is 0 Å². The van der Waals surface area contributed by atoms with Crippen LogP contribution in [0.2, 0.25) is 0 Å². The Balaban J connectivity index is 1.44. The van der Waals surface area contributed by atoms with Crippen molar-refractivity contribution in [2.24, 2.45) is 0 Å². The van der Waals surface area contributed by atoms with Crippen LogP contribution in [-0.2, 0) is 20.9 Å². The Kier molecular flexibility index (Phi) is 5.06. The number of carbonyl (C=O) groups is 2. The summed E-state index contributed by atoms with van der Waals surface area (Å²) in [6, 6.07) is 9.14. The molecule has 0 bridgehead atoms. The van der Waals surface area contributed by atoms with Gasteiger partial charge in [0.1, 0.15) is 12.3 Å². The molecule has 0 unspecified atom stereocenters. The van der Waals surface area contributed by atoms with E-state index in [-0.39, 0.29) is 31.1 Å². The number of hydrogen-bond acceptors (Lipinski definition) is 5. The fourth-order valence-electron chi connectivity index (χ4n) is 3.41. The van der Waals surface area contributed by atoms with Crippen LogP contribution in [0.4, 0.5) is 5.69 Å². The number of aromatic nitrogens is 2. The highest BCUT2D eigenvalue weighted by atomic mass is 16.5. The van der Waals surface area contributed by atoms with Crippen molar-refractivity contribution in [3.05, 3.63) is 42.7 Å². The molecule has 8 nitrogen and oxygen atoms in total. The van der Waals surface area contributed by atoms with Gasteiger partial charge in [0, 0.05) is 32.1 Å². The van der Waals surface area contributed by atoms with Gasteiger partial charge in [0.2, 0.25) is 5.91 Å². The van der Waals surface area contributed by atoms with Crippen molar-refractivity contribution < 1.29 is 19.1 Å². The Hall–Kier alpha value is -2.87. The standard InChI is InChI=1S/C19H22N4O4/c24-18(13-23-16-5-1-2-6-17(16)27-14-19(23)25)21-8-4-10-26-15(11-21)12-22-9-3-7-20-22/h1-3,5-7,9,15H,4,8,10-14H2/t15-/m1/s1. The molecule has 2 aliphatic heterocycles. The SMILES string of the molecule is O=C(CN1C(=O)COc2ccccc21)N1CCCO[C@@H](Cn2cccn2)C1. The van der Waals surface area contributed by atoms with Crippen molar-refractivity contribution in [3.8, 4) is 5.75 Å². The van der Waals surface area contributed by atoms with Gasteiger partial charge in [0.15, 0.2) is 6.61 Å². The van der Waals surface area contributed by atoms with E-state index in [1.54, 1.807) is 27.9 Å².